The summed E-state index contributed by atoms with van der Waals surface area (Å²) in [7, 11) is -3.28. The topological polar surface area (TPSA) is 79.6 Å². The predicted molar refractivity (Wildman–Crippen MR) is 135 cm³/mol. The maximum absolute atomic E-state index is 12.0. The first-order chi connectivity index (χ1) is 16.4. The first kappa shape index (κ1) is 23.4. The minimum absolute atomic E-state index is 0.0309. The van der Waals surface area contributed by atoms with Gasteiger partial charge in [0.2, 0.25) is 0 Å². The highest BCUT2D eigenvalue weighted by molar-refractivity contribution is 7.90. The quantitative estimate of drug-likeness (QED) is 0.208. The van der Waals surface area contributed by atoms with Crippen LogP contribution in [0, 0.1) is 6.92 Å². The van der Waals surface area contributed by atoms with Gasteiger partial charge < -0.3 is 5.21 Å². The molecule has 1 unspecified atom stereocenters. The van der Waals surface area contributed by atoms with Crippen LogP contribution in [0.3, 0.4) is 0 Å². The van der Waals surface area contributed by atoms with Crippen molar-refractivity contribution in [3.8, 4) is 11.1 Å². The van der Waals surface area contributed by atoms with Gasteiger partial charge >= 0.3 is 0 Å². The number of sulfone groups is 1. The molecule has 0 aliphatic heterocycles. The van der Waals surface area contributed by atoms with Gasteiger partial charge in [-0.15, -0.1) is 0 Å². The second-order valence-corrected chi connectivity index (χ2v) is 10.3. The van der Waals surface area contributed by atoms with Crippen molar-refractivity contribution in [1.29, 1.82) is 0 Å². The molecule has 6 heteroatoms. The lowest BCUT2D eigenvalue weighted by Gasteiger charge is -2.21. The highest BCUT2D eigenvalue weighted by atomic mass is 32.2. The standard InChI is InChI=1S/C28H26N2O3S/c1-20-6-3-4-9-26(20)27(19-28(30-31)23-14-16-29-17-15-23)22-12-10-21(11-13-22)24-7-5-8-25(18-24)34(2,32)33/h3-18,27,31H,19H2,1-2H3. The predicted octanol–water partition coefficient (Wildman–Crippen LogP) is 5.86. The average Bonchev–Trinajstić information content (AvgIpc) is 2.86. The Morgan fingerprint density at radius 3 is 2.26 bits per heavy atom. The van der Waals surface area contributed by atoms with E-state index in [4.69, 9.17) is 0 Å². The van der Waals surface area contributed by atoms with Gasteiger partial charge in [-0.1, -0.05) is 65.8 Å². The number of nitrogens with zero attached hydrogens (tertiary/aromatic N) is 2. The van der Waals surface area contributed by atoms with Crippen molar-refractivity contribution >= 4 is 15.5 Å². The molecule has 0 bridgehead atoms. The number of benzene rings is 3. The summed E-state index contributed by atoms with van der Waals surface area (Å²) in [5.74, 6) is -0.0309. The van der Waals surface area contributed by atoms with Crippen molar-refractivity contribution in [2.45, 2.75) is 24.2 Å². The monoisotopic (exact) mass is 470 g/mol. The minimum atomic E-state index is -3.28. The Labute approximate surface area is 200 Å². The van der Waals surface area contributed by atoms with Gasteiger partial charge in [0.1, 0.15) is 0 Å². The van der Waals surface area contributed by atoms with E-state index >= 15 is 0 Å². The van der Waals surface area contributed by atoms with E-state index in [1.807, 2.05) is 42.5 Å². The number of hydrogen-bond donors (Lipinski definition) is 1. The van der Waals surface area contributed by atoms with Gasteiger partial charge in [-0.3, -0.25) is 4.98 Å². The molecule has 0 amide bonds. The molecule has 172 valence electrons. The number of aryl methyl sites for hydroxylation is 1. The summed E-state index contributed by atoms with van der Waals surface area (Å²) in [6, 6.07) is 27.0. The van der Waals surface area contributed by atoms with Gasteiger partial charge in [-0.25, -0.2) is 8.42 Å². The molecule has 3 aromatic carbocycles. The molecule has 0 saturated heterocycles. The van der Waals surface area contributed by atoms with Crippen molar-refractivity contribution in [3.63, 3.8) is 0 Å². The molecule has 1 heterocycles. The van der Waals surface area contributed by atoms with Crippen molar-refractivity contribution in [3.05, 3.63) is 120 Å². The first-order valence-corrected chi connectivity index (χ1v) is 12.8. The Hall–Kier alpha value is -3.77. The third-order valence-corrected chi connectivity index (χ3v) is 7.11. The van der Waals surface area contributed by atoms with E-state index < -0.39 is 9.84 Å². The Kier molecular flexibility index (Phi) is 6.89. The first-order valence-electron chi connectivity index (χ1n) is 10.9. The average molecular weight is 471 g/mol. The maximum Gasteiger partial charge on any atom is 0.175 e. The Morgan fingerprint density at radius 1 is 0.912 bits per heavy atom. The number of oxime groups is 1. The molecule has 4 aromatic rings. The van der Waals surface area contributed by atoms with Gasteiger partial charge in [0.05, 0.1) is 10.6 Å². The SMILES string of the molecule is Cc1ccccc1C(CC(=NO)c1ccncc1)c1ccc(-c2cccc(S(C)(=O)=O)c2)cc1. The van der Waals surface area contributed by atoms with E-state index in [2.05, 4.69) is 41.3 Å². The minimum Gasteiger partial charge on any atom is -0.411 e. The highest BCUT2D eigenvalue weighted by Crippen LogP contribution is 2.33. The smallest absolute Gasteiger partial charge is 0.175 e. The van der Waals surface area contributed by atoms with Crippen molar-refractivity contribution in [2.24, 2.45) is 5.16 Å². The Bertz CT molecular complexity index is 1410. The summed E-state index contributed by atoms with van der Waals surface area (Å²) in [5, 5.41) is 13.4. The molecule has 1 N–H and O–H groups in total. The van der Waals surface area contributed by atoms with Crippen LogP contribution in [0.1, 0.15) is 34.6 Å². The summed E-state index contributed by atoms with van der Waals surface area (Å²) in [6.45, 7) is 2.08. The third kappa shape index (κ3) is 5.24. The molecule has 1 atom stereocenters. The zero-order valence-corrected chi connectivity index (χ0v) is 19.9. The molecule has 0 saturated carbocycles. The number of pyridine rings is 1. The number of hydrogen-bond acceptors (Lipinski definition) is 5. The lowest BCUT2D eigenvalue weighted by Crippen LogP contribution is -2.11. The van der Waals surface area contributed by atoms with Gasteiger partial charge in [-0.05, 0) is 59.0 Å². The van der Waals surface area contributed by atoms with Gasteiger partial charge in [0, 0.05) is 36.6 Å². The summed E-state index contributed by atoms with van der Waals surface area (Å²) in [5.41, 5.74) is 6.58. The molecular weight excluding hydrogens is 444 g/mol. The molecule has 0 spiro atoms. The van der Waals surface area contributed by atoms with Crippen LogP contribution in [0.25, 0.3) is 11.1 Å². The van der Waals surface area contributed by atoms with E-state index in [-0.39, 0.29) is 5.92 Å². The molecule has 34 heavy (non-hydrogen) atoms. The van der Waals surface area contributed by atoms with E-state index in [0.717, 1.165) is 33.4 Å². The van der Waals surface area contributed by atoms with Crippen LogP contribution < -0.4 is 0 Å². The van der Waals surface area contributed by atoms with Crippen LogP contribution in [-0.2, 0) is 9.84 Å². The van der Waals surface area contributed by atoms with Crippen LogP contribution in [0.2, 0.25) is 0 Å². The second-order valence-electron chi connectivity index (χ2n) is 8.32. The van der Waals surface area contributed by atoms with Crippen LogP contribution in [-0.4, -0.2) is 30.6 Å². The molecule has 5 nitrogen and oxygen atoms in total. The van der Waals surface area contributed by atoms with Crippen molar-refractivity contribution in [2.75, 3.05) is 6.26 Å². The summed E-state index contributed by atoms with van der Waals surface area (Å²) in [4.78, 5) is 4.36. The van der Waals surface area contributed by atoms with E-state index in [1.54, 1.807) is 30.6 Å². The van der Waals surface area contributed by atoms with Crippen LogP contribution in [0.4, 0.5) is 0 Å². The summed E-state index contributed by atoms with van der Waals surface area (Å²) < 4.78 is 23.9. The fourth-order valence-electron chi connectivity index (χ4n) is 4.15. The summed E-state index contributed by atoms with van der Waals surface area (Å²) in [6.07, 6.45) is 5.09. The van der Waals surface area contributed by atoms with E-state index in [0.29, 0.717) is 17.0 Å². The molecule has 4 rings (SSSR count). The van der Waals surface area contributed by atoms with Crippen molar-refractivity contribution in [1.82, 2.24) is 4.98 Å². The second kappa shape index (κ2) is 10.0. The highest BCUT2D eigenvalue weighted by Gasteiger charge is 2.20. The molecular formula is C28H26N2O3S. The van der Waals surface area contributed by atoms with Gasteiger partial charge in [-0.2, -0.15) is 0 Å². The van der Waals surface area contributed by atoms with Gasteiger partial charge in [0.25, 0.3) is 0 Å². The van der Waals surface area contributed by atoms with Crippen LogP contribution >= 0.6 is 0 Å². The zero-order valence-electron chi connectivity index (χ0n) is 19.1. The third-order valence-electron chi connectivity index (χ3n) is 6.00. The van der Waals surface area contributed by atoms with E-state index in [1.165, 1.54) is 6.26 Å². The molecule has 0 aliphatic carbocycles. The fraction of sp³-hybridized carbons (Fsp3) is 0.143. The van der Waals surface area contributed by atoms with Crippen molar-refractivity contribution < 1.29 is 13.6 Å². The number of rotatable bonds is 7. The largest absolute Gasteiger partial charge is 0.411 e. The van der Waals surface area contributed by atoms with Crippen LogP contribution in [0.5, 0.6) is 0 Å². The zero-order chi connectivity index (χ0) is 24.1. The van der Waals surface area contributed by atoms with Crippen LogP contribution in [0.15, 0.2) is 107 Å². The fourth-order valence-corrected chi connectivity index (χ4v) is 4.82. The lowest BCUT2D eigenvalue weighted by atomic mass is 9.83. The normalized spacial score (nSPS) is 12.9. The summed E-state index contributed by atoms with van der Waals surface area (Å²) >= 11 is 0. The van der Waals surface area contributed by atoms with E-state index in [9.17, 15) is 13.6 Å². The maximum atomic E-state index is 12.0. The lowest BCUT2D eigenvalue weighted by molar-refractivity contribution is 0.317. The Morgan fingerprint density at radius 2 is 1.62 bits per heavy atom. The van der Waals surface area contributed by atoms with Gasteiger partial charge in [0.15, 0.2) is 9.84 Å². The Balaban J connectivity index is 1.72. The molecule has 0 radical (unpaired) electrons. The molecule has 0 fully saturated rings. The number of aromatic nitrogens is 1. The molecule has 1 aromatic heterocycles. The molecule has 0 aliphatic rings.